The Kier molecular flexibility index (Phi) is 4.53. The summed E-state index contributed by atoms with van der Waals surface area (Å²) in [4.78, 5) is 17.1. The molecule has 2 aromatic rings. The molecule has 0 unspecified atom stereocenters. The van der Waals surface area contributed by atoms with Crippen molar-refractivity contribution in [2.24, 2.45) is 0 Å². The van der Waals surface area contributed by atoms with Crippen LogP contribution in [0.3, 0.4) is 0 Å². The van der Waals surface area contributed by atoms with E-state index < -0.39 is 0 Å². The molecule has 4 heteroatoms. The molecule has 2 heterocycles. The lowest BCUT2D eigenvalue weighted by Crippen LogP contribution is -2.52. The molecule has 0 saturated carbocycles. The summed E-state index contributed by atoms with van der Waals surface area (Å²) >= 11 is 0. The smallest absolute Gasteiger partial charge is 0.253 e. The highest BCUT2D eigenvalue weighted by Gasteiger charge is 2.46. The molecule has 26 heavy (non-hydrogen) atoms. The van der Waals surface area contributed by atoms with Crippen molar-refractivity contribution < 1.29 is 9.18 Å². The molecule has 2 aliphatic rings. The van der Waals surface area contributed by atoms with E-state index in [1.165, 1.54) is 17.7 Å². The summed E-state index contributed by atoms with van der Waals surface area (Å²) in [6.45, 7) is 2.61. The van der Waals surface area contributed by atoms with Gasteiger partial charge in [-0.1, -0.05) is 30.3 Å². The largest absolute Gasteiger partial charge is 0.339 e. The second-order valence-corrected chi connectivity index (χ2v) is 7.72. The summed E-state index contributed by atoms with van der Waals surface area (Å²) in [5, 5.41) is 0. The highest BCUT2D eigenvalue weighted by molar-refractivity contribution is 5.94. The quantitative estimate of drug-likeness (QED) is 0.818. The average molecular weight is 352 g/mol. The summed E-state index contributed by atoms with van der Waals surface area (Å²) < 4.78 is 13.1. The Balaban J connectivity index is 1.43. The van der Waals surface area contributed by atoms with E-state index in [4.69, 9.17) is 0 Å². The van der Waals surface area contributed by atoms with Gasteiger partial charge < -0.3 is 4.90 Å². The SMILES string of the molecule is CN1C[C@H](c2ccccc2)CC12CCN(C(=O)c1ccc(F)cc1)CC2. The molecule has 136 valence electrons. The lowest BCUT2D eigenvalue weighted by Gasteiger charge is -2.43. The van der Waals surface area contributed by atoms with Gasteiger partial charge in [-0.15, -0.1) is 0 Å². The number of halogens is 1. The first kappa shape index (κ1) is 17.2. The maximum Gasteiger partial charge on any atom is 0.253 e. The molecule has 1 spiro atoms. The van der Waals surface area contributed by atoms with E-state index in [0.29, 0.717) is 11.5 Å². The zero-order valence-electron chi connectivity index (χ0n) is 15.2. The Morgan fingerprint density at radius 1 is 1.04 bits per heavy atom. The van der Waals surface area contributed by atoms with Crippen LogP contribution in [0.1, 0.15) is 41.1 Å². The maximum atomic E-state index is 13.1. The van der Waals surface area contributed by atoms with Crippen LogP contribution in [0.25, 0.3) is 0 Å². The van der Waals surface area contributed by atoms with E-state index in [-0.39, 0.29) is 17.3 Å². The van der Waals surface area contributed by atoms with E-state index in [2.05, 4.69) is 42.3 Å². The molecule has 2 aromatic carbocycles. The standard InChI is InChI=1S/C22H25FN2O/c1-24-16-19(17-5-3-2-4-6-17)15-22(24)11-13-25(14-12-22)21(26)18-7-9-20(23)10-8-18/h2-10,19H,11-16H2,1H3/t19-/m1/s1. The molecule has 2 saturated heterocycles. The van der Waals surface area contributed by atoms with Crippen molar-refractivity contribution in [1.29, 1.82) is 0 Å². The van der Waals surface area contributed by atoms with Gasteiger partial charge in [-0.05, 0) is 62.1 Å². The average Bonchev–Trinajstić information content (AvgIpc) is 2.99. The molecule has 2 fully saturated rings. The first-order valence-corrected chi connectivity index (χ1v) is 9.38. The van der Waals surface area contributed by atoms with E-state index in [0.717, 1.165) is 38.9 Å². The summed E-state index contributed by atoms with van der Waals surface area (Å²) in [5.41, 5.74) is 2.19. The number of likely N-dealkylation sites (tertiary alicyclic amines) is 2. The number of carbonyl (C=O) groups is 1. The number of carbonyl (C=O) groups excluding carboxylic acids is 1. The predicted octanol–water partition coefficient (Wildman–Crippen LogP) is 3.92. The Bertz CT molecular complexity index is 766. The van der Waals surface area contributed by atoms with Crippen LogP contribution in [-0.4, -0.2) is 47.9 Å². The first-order valence-electron chi connectivity index (χ1n) is 9.38. The molecule has 1 atom stereocenters. The molecule has 3 nitrogen and oxygen atoms in total. The zero-order chi connectivity index (χ0) is 18.1. The minimum Gasteiger partial charge on any atom is -0.339 e. The molecule has 0 N–H and O–H groups in total. The minimum absolute atomic E-state index is 0.0140. The van der Waals surface area contributed by atoms with Gasteiger partial charge in [0.2, 0.25) is 0 Å². The first-order chi connectivity index (χ1) is 12.6. The number of likely N-dealkylation sites (N-methyl/N-ethyl adjacent to an activating group) is 1. The van der Waals surface area contributed by atoms with Gasteiger partial charge in [0.15, 0.2) is 0 Å². The lowest BCUT2D eigenvalue weighted by molar-refractivity contribution is 0.0492. The summed E-state index contributed by atoms with van der Waals surface area (Å²) in [6.07, 6.45) is 3.16. The third-order valence-electron chi connectivity index (χ3n) is 6.27. The molecule has 2 aliphatic heterocycles. The van der Waals surface area contributed by atoms with Crippen LogP contribution in [0.4, 0.5) is 4.39 Å². The molecular formula is C22H25FN2O. The van der Waals surface area contributed by atoms with E-state index in [1.807, 2.05) is 4.90 Å². The van der Waals surface area contributed by atoms with Crippen molar-refractivity contribution in [2.45, 2.75) is 30.7 Å². The normalized spacial score (nSPS) is 22.7. The second kappa shape index (κ2) is 6.84. The third-order valence-corrected chi connectivity index (χ3v) is 6.27. The van der Waals surface area contributed by atoms with E-state index in [1.54, 1.807) is 12.1 Å². The van der Waals surface area contributed by atoms with Crippen molar-refractivity contribution in [1.82, 2.24) is 9.80 Å². The maximum absolute atomic E-state index is 13.1. The number of piperidine rings is 1. The third kappa shape index (κ3) is 3.14. The minimum atomic E-state index is -0.307. The van der Waals surface area contributed by atoms with Gasteiger partial charge in [-0.3, -0.25) is 9.69 Å². The predicted molar refractivity (Wildman–Crippen MR) is 101 cm³/mol. The Morgan fingerprint density at radius 3 is 2.35 bits per heavy atom. The van der Waals surface area contributed by atoms with E-state index >= 15 is 0 Å². The number of amides is 1. The van der Waals surface area contributed by atoms with Crippen LogP contribution < -0.4 is 0 Å². The van der Waals surface area contributed by atoms with Crippen molar-refractivity contribution in [3.05, 3.63) is 71.5 Å². The zero-order valence-corrected chi connectivity index (χ0v) is 15.2. The number of nitrogens with zero attached hydrogens (tertiary/aromatic N) is 2. The highest BCUT2D eigenvalue weighted by atomic mass is 19.1. The van der Waals surface area contributed by atoms with Crippen LogP contribution in [0, 0.1) is 5.82 Å². The summed E-state index contributed by atoms with van der Waals surface area (Å²) in [6, 6.07) is 16.6. The monoisotopic (exact) mass is 352 g/mol. The number of rotatable bonds is 2. The topological polar surface area (TPSA) is 23.6 Å². The molecule has 0 aliphatic carbocycles. The van der Waals surface area contributed by atoms with Crippen molar-refractivity contribution in [3.8, 4) is 0 Å². The fourth-order valence-electron chi connectivity index (χ4n) is 4.64. The second-order valence-electron chi connectivity index (χ2n) is 7.72. The number of benzene rings is 2. The summed E-state index contributed by atoms with van der Waals surface area (Å²) in [7, 11) is 2.22. The Hall–Kier alpha value is -2.20. The van der Waals surface area contributed by atoms with Crippen LogP contribution >= 0.6 is 0 Å². The van der Waals surface area contributed by atoms with Gasteiger partial charge in [-0.25, -0.2) is 4.39 Å². The molecule has 0 aromatic heterocycles. The molecular weight excluding hydrogens is 327 g/mol. The fraction of sp³-hybridized carbons (Fsp3) is 0.409. The van der Waals surface area contributed by atoms with E-state index in [9.17, 15) is 9.18 Å². The fourth-order valence-corrected chi connectivity index (χ4v) is 4.64. The van der Waals surface area contributed by atoms with Crippen LogP contribution in [-0.2, 0) is 0 Å². The van der Waals surface area contributed by atoms with Crippen LogP contribution in [0.5, 0.6) is 0 Å². The number of hydrogen-bond acceptors (Lipinski definition) is 2. The lowest BCUT2D eigenvalue weighted by atomic mass is 9.81. The molecule has 0 radical (unpaired) electrons. The van der Waals surface area contributed by atoms with Gasteiger partial charge in [0.1, 0.15) is 5.82 Å². The Morgan fingerprint density at radius 2 is 1.69 bits per heavy atom. The highest BCUT2D eigenvalue weighted by Crippen LogP contribution is 2.44. The van der Waals surface area contributed by atoms with Crippen molar-refractivity contribution in [2.75, 3.05) is 26.7 Å². The van der Waals surface area contributed by atoms with Gasteiger partial charge in [-0.2, -0.15) is 0 Å². The molecule has 0 bridgehead atoms. The van der Waals surface area contributed by atoms with Crippen LogP contribution in [0.2, 0.25) is 0 Å². The van der Waals surface area contributed by atoms with Crippen molar-refractivity contribution in [3.63, 3.8) is 0 Å². The molecule has 4 rings (SSSR count). The number of hydrogen-bond donors (Lipinski definition) is 0. The summed E-state index contributed by atoms with van der Waals surface area (Å²) in [5.74, 6) is 0.277. The van der Waals surface area contributed by atoms with Gasteiger partial charge in [0.25, 0.3) is 5.91 Å². The van der Waals surface area contributed by atoms with Gasteiger partial charge in [0, 0.05) is 30.7 Å². The van der Waals surface area contributed by atoms with Gasteiger partial charge >= 0.3 is 0 Å². The van der Waals surface area contributed by atoms with Crippen molar-refractivity contribution >= 4 is 5.91 Å². The molecule has 1 amide bonds. The Labute approximate surface area is 154 Å². The van der Waals surface area contributed by atoms with Gasteiger partial charge in [0.05, 0.1) is 0 Å². The van der Waals surface area contributed by atoms with Crippen LogP contribution in [0.15, 0.2) is 54.6 Å².